The Kier molecular flexibility index (Phi) is 5.33. The van der Waals surface area contributed by atoms with Crippen molar-refractivity contribution in [2.75, 3.05) is 0 Å². The lowest BCUT2D eigenvalue weighted by molar-refractivity contribution is -0.141. The average Bonchev–Trinajstić information content (AvgIpc) is 1.99. The first-order valence-corrected chi connectivity index (χ1v) is 5.22. The molecular formula is C11H21NO3. The van der Waals surface area contributed by atoms with Crippen LogP contribution in [-0.2, 0) is 9.59 Å². The molecule has 0 aliphatic rings. The zero-order valence-corrected chi connectivity index (χ0v) is 9.96. The first kappa shape index (κ1) is 13.9. The van der Waals surface area contributed by atoms with Gasteiger partial charge in [-0.3, -0.25) is 4.79 Å². The van der Waals surface area contributed by atoms with E-state index in [-0.39, 0.29) is 11.3 Å². The normalized spacial score (nSPS) is 13.3. The van der Waals surface area contributed by atoms with Gasteiger partial charge in [-0.2, -0.15) is 0 Å². The van der Waals surface area contributed by atoms with Crippen molar-refractivity contribution in [3.05, 3.63) is 0 Å². The van der Waals surface area contributed by atoms with Crippen molar-refractivity contribution < 1.29 is 14.7 Å². The Morgan fingerprint density at radius 3 is 2.20 bits per heavy atom. The van der Waals surface area contributed by atoms with Crippen molar-refractivity contribution in [2.45, 2.75) is 53.0 Å². The van der Waals surface area contributed by atoms with Crippen molar-refractivity contribution >= 4 is 11.9 Å². The zero-order chi connectivity index (χ0) is 12.1. The van der Waals surface area contributed by atoms with Gasteiger partial charge in [-0.25, -0.2) is 4.79 Å². The molecule has 0 bridgehead atoms. The molecule has 0 saturated heterocycles. The Morgan fingerprint density at radius 1 is 1.33 bits per heavy atom. The van der Waals surface area contributed by atoms with E-state index in [0.29, 0.717) is 6.42 Å². The molecule has 0 rings (SSSR count). The second-order valence-electron chi connectivity index (χ2n) is 5.04. The van der Waals surface area contributed by atoms with E-state index in [1.165, 1.54) is 6.92 Å². The number of carboxylic acid groups (broad SMARTS) is 1. The number of nitrogens with one attached hydrogen (secondary N) is 1. The summed E-state index contributed by atoms with van der Waals surface area (Å²) in [5.41, 5.74) is 0.208. The third-order valence-corrected chi connectivity index (χ3v) is 2.10. The number of hydrogen-bond acceptors (Lipinski definition) is 2. The van der Waals surface area contributed by atoms with E-state index in [0.717, 1.165) is 12.8 Å². The third kappa shape index (κ3) is 7.97. The van der Waals surface area contributed by atoms with Gasteiger partial charge in [-0.1, -0.05) is 27.2 Å². The Hall–Kier alpha value is -1.06. The van der Waals surface area contributed by atoms with Gasteiger partial charge in [-0.15, -0.1) is 0 Å². The minimum absolute atomic E-state index is 0.208. The van der Waals surface area contributed by atoms with Crippen LogP contribution >= 0.6 is 0 Å². The highest BCUT2D eigenvalue weighted by atomic mass is 16.4. The smallest absolute Gasteiger partial charge is 0.326 e. The maximum atomic E-state index is 10.8. The summed E-state index contributed by atoms with van der Waals surface area (Å²) in [6.07, 6.45) is 2.25. The first-order valence-electron chi connectivity index (χ1n) is 5.22. The van der Waals surface area contributed by atoms with Crippen LogP contribution in [0.15, 0.2) is 0 Å². The van der Waals surface area contributed by atoms with Gasteiger partial charge in [-0.05, 0) is 18.3 Å². The van der Waals surface area contributed by atoms with E-state index in [2.05, 4.69) is 26.1 Å². The fraction of sp³-hybridized carbons (Fsp3) is 0.818. The van der Waals surface area contributed by atoms with Crippen molar-refractivity contribution in [3.8, 4) is 0 Å². The summed E-state index contributed by atoms with van der Waals surface area (Å²) in [5.74, 6) is -1.25. The molecule has 2 N–H and O–H groups in total. The number of amides is 1. The van der Waals surface area contributed by atoms with Crippen LogP contribution in [0.5, 0.6) is 0 Å². The molecule has 1 amide bonds. The molecule has 1 atom stereocenters. The lowest BCUT2D eigenvalue weighted by atomic mass is 9.89. The first-order chi connectivity index (χ1) is 6.72. The van der Waals surface area contributed by atoms with Crippen molar-refractivity contribution in [3.63, 3.8) is 0 Å². The topological polar surface area (TPSA) is 66.4 Å². The predicted octanol–water partition coefficient (Wildman–Crippen LogP) is 1.79. The maximum absolute atomic E-state index is 10.8. The molecule has 0 spiro atoms. The van der Waals surface area contributed by atoms with Gasteiger partial charge in [0.25, 0.3) is 0 Å². The van der Waals surface area contributed by atoms with E-state index in [1.54, 1.807) is 0 Å². The van der Waals surface area contributed by atoms with Crippen molar-refractivity contribution in [2.24, 2.45) is 5.41 Å². The van der Waals surface area contributed by atoms with Crippen LogP contribution in [0, 0.1) is 5.41 Å². The Morgan fingerprint density at radius 2 is 1.87 bits per heavy atom. The third-order valence-electron chi connectivity index (χ3n) is 2.10. The predicted molar refractivity (Wildman–Crippen MR) is 58.5 cm³/mol. The molecule has 1 unspecified atom stereocenters. The molecule has 0 aliphatic heterocycles. The van der Waals surface area contributed by atoms with Gasteiger partial charge in [0.1, 0.15) is 6.04 Å². The molecule has 0 heterocycles. The average molecular weight is 215 g/mol. The lowest BCUT2D eigenvalue weighted by Crippen LogP contribution is -2.39. The van der Waals surface area contributed by atoms with E-state index in [4.69, 9.17) is 5.11 Å². The summed E-state index contributed by atoms with van der Waals surface area (Å²) in [7, 11) is 0. The second-order valence-corrected chi connectivity index (χ2v) is 5.04. The number of carboxylic acids is 1. The Balaban J connectivity index is 3.98. The molecule has 0 saturated carbocycles. The molecule has 0 aromatic rings. The molecular weight excluding hydrogens is 194 g/mol. The molecule has 0 fully saturated rings. The number of carbonyl (C=O) groups is 2. The van der Waals surface area contributed by atoms with Gasteiger partial charge in [0.15, 0.2) is 0 Å². The maximum Gasteiger partial charge on any atom is 0.326 e. The van der Waals surface area contributed by atoms with Gasteiger partial charge in [0, 0.05) is 6.92 Å². The highest BCUT2D eigenvalue weighted by molar-refractivity contribution is 5.81. The molecule has 0 aromatic heterocycles. The minimum Gasteiger partial charge on any atom is -0.480 e. The SMILES string of the molecule is CC(=O)NC(CCCC(C)(C)C)C(=O)O. The fourth-order valence-electron chi connectivity index (χ4n) is 1.34. The van der Waals surface area contributed by atoms with Crippen LogP contribution in [0.1, 0.15) is 47.0 Å². The molecule has 0 radical (unpaired) electrons. The van der Waals surface area contributed by atoms with Gasteiger partial charge < -0.3 is 10.4 Å². The lowest BCUT2D eigenvalue weighted by Gasteiger charge is -2.19. The van der Waals surface area contributed by atoms with E-state index >= 15 is 0 Å². The highest BCUT2D eigenvalue weighted by Gasteiger charge is 2.19. The monoisotopic (exact) mass is 215 g/mol. The number of hydrogen-bond donors (Lipinski definition) is 2. The summed E-state index contributed by atoms with van der Waals surface area (Å²) < 4.78 is 0. The quantitative estimate of drug-likeness (QED) is 0.734. The van der Waals surface area contributed by atoms with E-state index < -0.39 is 12.0 Å². The summed E-state index contributed by atoms with van der Waals surface area (Å²) in [4.78, 5) is 21.5. The summed E-state index contributed by atoms with van der Waals surface area (Å²) in [6, 6.07) is -0.746. The molecule has 15 heavy (non-hydrogen) atoms. The zero-order valence-electron chi connectivity index (χ0n) is 9.96. The number of carbonyl (C=O) groups excluding carboxylic acids is 1. The number of aliphatic carboxylic acids is 1. The van der Waals surface area contributed by atoms with Crippen LogP contribution in [0.4, 0.5) is 0 Å². The van der Waals surface area contributed by atoms with E-state index in [1.807, 2.05) is 0 Å². The molecule has 4 nitrogen and oxygen atoms in total. The van der Waals surface area contributed by atoms with Crippen LogP contribution in [0.25, 0.3) is 0 Å². The van der Waals surface area contributed by atoms with Crippen LogP contribution in [0.2, 0.25) is 0 Å². The second kappa shape index (κ2) is 5.73. The van der Waals surface area contributed by atoms with Crippen molar-refractivity contribution in [1.82, 2.24) is 5.32 Å². The molecule has 0 aromatic carbocycles. The van der Waals surface area contributed by atoms with E-state index in [9.17, 15) is 9.59 Å². The van der Waals surface area contributed by atoms with Crippen LogP contribution in [-0.4, -0.2) is 23.0 Å². The Labute approximate surface area is 91.1 Å². The Bertz CT molecular complexity index is 230. The van der Waals surface area contributed by atoms with Crippen LogP contribution in [0.3, 0.4) is 0 Å². The molecule has 0 aliphatic carbocycles. The molecule has 4 heteroatoms. The largest absolute Gasteiger partial charge is 0.480 e. The summed E-state index contributed by atoms with van der Waals surface area (Å²) in [6.45, 7) is 7.67. The molecule has 88 valence electrons. The summed E-state index contributed by atoms with van der Waals surface area (Å²) >= 11 is 0. The standard InChI is InChI=1S/C11H21NO3/c1-8(13)12-9(10(14)15)6-5-7-11(2,3)4/h9H,5-7H2,1-4H3,(H,12,13)(H,14,15). The highest BCUT2D eigenvalue weighted by Crippen LogP contribution is 2.22. The van der Waals surface area contributed by atoms with Gasteiger partial charge >= 0.3 is 5.97 Å². The summed E-state index contributed by atoms with van der Waals surface area (Å²) in [5, 5.41) is 11.3. The van der Waals surface area contributed by atoms with Crippen LogP contribution < -0.4 is 5.32 Å². The van der Waals surface area contributed by atoms with Gasteiger partial charge in [0.2, 0.25) is 5.91 Å². The van der Waals surface area contributed by atoms with Gasteiger partial charge in [0.05, 0.1) is 0 Å². The fourth-order valence-corrected chi connectivity index (χ4v) is 1.34. The minimum atomic E-state index is -0.959. The van der Waals surface area contributed by atoms with Crippen molar-refractivity contribution in [1.29, 1.82) is 0 Å². The number of rotatable bonds is 5.